The third-order valence-electron chi connectivity index (χ3n) is 5.88. The lowest BCUT2D eigenvalue weighted by Gasteiger charge is -2.21. The molecule has 144 valence electrons. The Morgan fingerprint density at radius 2 is 1.44 bits per heavy atom. The van der Waals surface area contributed by atoms with E-state index in [0.29, 0.717) is 12.2 Å². The van der Waals surface area contributed by atoms with Gasteiger partial charge in [-0.1, -0.05) is 76.3 Å². The molecule has 0 aromatic heterocycles. The minimum Gasteiger partial charge on any atom is -0.294 e. The summed E-state index contributed by atoms with van der Waals surface area (Å²) < 4.78 is 0. The van der Waals surface area contributed by atoms with Crippen molar-refractivity contribution in [2.75, 3.05) is 0 Å². The number of carbonyl (C=O) groups excluding carboxylic acids is 1. The van der Waals surface area contributed by atoms with Gasteiger partial charge in [-0.25, -0.2) is 0 Å². The molecule has 0 aliphatic heterocycles. The van der Waals surface area contributed by atoms with E-state index < -0.39 is 0 Å². The van der Waals surface area contributed by atoms with Crippen LogP contribution in [0.5, 0.6) is 0 Å². The fourth-order valence-electron chi connectivity index (χ4n) is 4.19. The number of hydrogen-bond acceptors (Lipinski definition) is 1. The van der Waals surface area contributed by atoms with E-state index in [9.17, 15) is 4.79 Å². The van der Waals surface area contributed by atoms with Crippen LogP contribution in [0, 0.1) is 0 Å². The summed E-state index contributed by atoms with van der Waals surface area (Å²) in [6.45, 7) is 4.40. The van der Waals surface area contributed by atoms with Gasteiger partial charge in [-0.3, -0.25) is 4.79 Å². The smallest absolute Gasteiger partial charge is 0.162 e. The van der Waals surface area contributed by atoms with Gasteiger partial charge in [0.05, 0.1) is 0 Å². The van der Waals surface area contributed by atoms with Gasteiger partial charge in [0.1, 0.15) is 0 Å². The Balaban J connectivity index is 1.70. The van der Waals surface area contributed by atoms with E-state index in [2.05, 4.69) is 44.2 Å². The van der Waals surface area contributed by atoms with Crippen LogP contribution in [0.15, 0.2) is 36.4 Å². The predicted molar refractivity (Wildman–Crippen MR) is 116 cm³/mol. The number of unbranched alkanes of at least 4 members (excludes halogenated alkanes) is 5. The molecule has 1 nitrogen and oxygen atoms in total. The molecule has 0 unspecified atom stereocenters. The number of rotatable bonds is 10. The highest BCUT2D eigenvalue weighted by Crippen LogP contribution is 2.35. The summed E-state index contributed by atoms with van der Waals surface area (Å²) in [5.74, 6) is 0.295. The normalized spacial score (nSPS) is 12.5. The molecule has 27 heavy (non-hydrogen) atoms. The van der Waals surface area contributed by atoms with E-state index in [-0.39, 0.29) is 0 Å². The number of Topliss-reactive ketones (excluding diaryl/α,β-unsaturated/α-hetero) is 1. The maximum Gasteiger partial charge on any atom is 0.162 e. The van der Waals surface area contributed by atoms with Gasteiger partial charge in [0.25, 0.3) is 0 Å². The monoisotopic (exact) mass is 362 g/mol. The van der Waals surface area contributed by atoms with Gasteiger partial charge in [0.2, 0.25) is 0 Å². The third-order valence-corrected chi connectivity index (χ3v) is 5.88. The van der Waals surface area contributed by atoms with Crippen LogP contribution in [-0.2, 0) is 19.3 Å². The second kappa shape index (κ2) is 9.88. The summed E-state index contributed by atoms with van der Waals surface area (Å²) in [6.07, 6.45) is 12.8. The third kappa shape index (κ3) is 5.09. The Labute approximate surface area is 165 Å². The van der Waals surface area contributed by atoms with Gasteiger partial charge < -0.3 is 0 Å². The molecule has 2 aromatic rings. The molecule has 3 rings (SSSR count). The van der Waals surface area contributed by atoms with Crippen molar-refractivity contribution in [3.8, 4) is 11.1 Å². The number of benzene rings is 2. The quantitative estimate of drug-likeness (QED) is 0.319. The molecule has 0 atom stereocenters. The van der Waals surface area contributed by atoms with Crippen LogP contribution in [-0.4, -0.2) is 5.78 Å². The Kier molecular flexibility index (Phi) is 7.26. The molecule has 0 saturated carbocycles. The van der Waals surface area contributed by atoms with Crippen molar-refractivity contribution in [1.29, 1.82) is 0 Å². The second-order valence-electron chi connectivity index (χ2n) is 8.05. The molecule has 0 heterocycles. The first kappa shape index (κ1) is 19.9. The molecular weight excluding hydrogens is 328 g/mol. The van der Waals surface area contributed by atoms with Crippen LogP contribution in [0.1, 0.15) is 92.3 Å². The average molecular weight is 363 g/mol. The molecule has 2 aromatic carbocycles. The molecule has 0 amide bonds. The molecule has 0 spiro atoms. The molecule has 0 fully saturated rings. The van der Waals surface area contributed by atoms with E-state index in [1.54, 1.807) is 0 Å². The molecule has 1 aliphatic carbocycles. The number of aryl methyl sites for hydroxylation is 3. The first-order valence-electron chi connectivity index (χ1n) is 11.0. The van der Waals surface area contributed by atoms with Crippen molar-refractivity contribution in [3.05, 3.63) is 58.7 Å². The van der Waals surface area contributed by atoms with E-state index in [0.717, 1.165) is 31.2 Å². The van der Waals surface area contributed by atoms with Gasteiger partial charge >= 0.3 is 0 Å². The minimum absolute atomic E-state index is 0.295. The molecular formula is C26H34O. The van der Waals surface area contributed by atoms with Crippen molar-refractivity contribution >= 4 is 5.78 Å². The van der Waals surface area contributed by atoms with Crippen molar-refractivity contribution in [3.63, 3.8) is 0 Å². The first-order chi connectivity index (χ1) is 13.2. The fraction of sp³-hybridized carbons (Fsp3) is 0.500. The summed E-state index contributed by atoms with van der Waals surface area (Å²) in [4.78, 5) is 12.3. The Morgan fingerprint density at radius 3 is 2.19 bits per heavy atom. The largest absolute Gasteiger partial charge is 0.294 e. The van der Waals surface area contributed by atoms with E-state index >= 15 is 0 Å². The van der Waals surface area contributed by atoms with Crippen molar-refractivity contribution in [1.82, 2.24) is 0 Å². The highest BCUT2D eigenvalue weighted by molar-refractivity contribution is 5.97. The zero-order valence-electron chi connectivity index (χ0n) is 17.2. The van der Waals surface area contributed by atoms with E-state index in [4.69, 9.17) is 0 Å². The van der Waals surface area contributed by atoms with Gasteiger partial charge in [-0.15, -0.1) is 0 Å². The Bertz CT molecular complexity index is 772. The molecule has 0 bridgehead atoms. The first-order valence-corrected chi connectivity index (χ1v) is 11.0. The fourth-order valence-corrected chi connectivity index (χ4v) is 4.19. The van der Waals surface area contributed by atoms with Gasteiger partial charge in [-0.05, 0) is 66.0 Å². The lowest BCUT2D eigenvalue weighted by Crippen LogP contribution is -2.07. The van der Waals surface area contributed by atoms with Crippen LogP contribution in [0.3, 0.4) is 0 Å². The van der Waals surface area contributed by atoms with E-state index in [1.165, 1.54) is 66.3 Å². The predicted octanol–water partition coefficient (Wildman–Crippen LogP) is 7.34. The number of carbonyl (C=O) groups is 1. The van der Waals surface area contributed by atoms with Gasteiger partial charge in [0, 0.05) is 12.0 Å². The molecule has 0 radical (unpaired) electrons. The number of hydrogen-bond donors (Lipinski definition) is 0. The molecule has 1 aliphatic rings. The van der Waals surface area contributed by atoms with Crippen molar-refractivity contribution in [2.24, 2.45) is 0 Å². The minimum atomic E-state index is 0.295. The number of ketones is 1. The van der Waals surface area contributed by atoms with E-state index in [1.807, 2.05) is 6.07 Å². The Morgan fingerprint density at radius 1 is 0.778 bits per heavy atom. The van der Waals surface area contributed by atoms with Crippen LogP contribution in [0.4, 0.5) is 0 Å². The zero-order valence-corrected chi connectivity index (χ0v) is 17.2. The topological polar surface area (TPSA) is 17.1 Å². The summed E-state index contributed by atoms with van der Waals surface area (Å²) in [5, 5.41) is 0. The molecule has 0 saturated heterocycles. The summed E-state index contributed by atoms with van der Waals surface area (Å²) in [6, 6.07) is 13.4. The summed E-state index contributed by atoms with van der Waals surface area (Å²) in [7, 11) is 0. The zero-order chi connectivity index (χ0) is 19.1. The van der Waals surface area contributed by atoms with Crippen LogP contribution >= 0.6 is 0 Å². The molecule has 0 N–H and O–H groups in total. The van der Waals surface area contributed by atoms with Gasteiger partial charge in [-0.2, -0.15) is 0 Å². The summed E-state index contributed by atoms with van der Waals surface area (Å²) >= 11 is 0. The molecule has 1 heteroatoms. The summed E-state index contributed by atoms with van der Waals surface area (Å²) in [5.41, 5.74) is 7.92. The van der Waals surface area contributed by atoms with Crippen LogP contribution in [0.25, 0.3) is 11.1 Å². The highest BCUT2D eigenvalue weighted by Gasteiger charge is 2.18. The second-order valence-corrected chi connectivity index (χ2v) is 8.05. The standard InChI is InChI=1S/C26H34O/c1-3-5-7-8-9-10-20-12-16-24-21(18-20)13-14-22-19-23(15-17-25(22)24)26(27)11-6-4-2/h12,15-19H,3-11,13-14H2,1-2H3. The SMILES string of the molecule is CCCCCCCc1ccc2c(c1)CCc1cc(C(=O)CCCC)ccc1-2. The van der Waals surface area contributed by atoms with Crippen molar-refractivity contribution < 1.29 is 4.79 Å². The van der Waals surface area contributed by atoms with Gasteiger partial charge in [0.15, 0.2) is 5.78 Å². The maximum atomic E-state index is 12.3. The van der Waals surface area contributed by atoms with Crippen molar-refractivity contribution in [2.45, 2.75) is 84.5 Å². The number of fused-ring (bicyclic) bond motifs is 3. The van der Waals surface area contributed by atoms with Crippen LogP contribution < -0.4 is 0 Å². The van der Waals surface area contributed by atoms with Crippen LogP contribution in [0.2, 0.25) is 0 Å². The maximum absolute atomic E-state index is 12.3. The lowest BCUT2D eigenvalue weighted by atomic mass is 9.83. The average Bonchev–Trinajstić information content (AvgIpc) is 2.71. The highest BCUT2D eigenvalue weighted by atomic mass is 16.1. The Hall–Kier alpha value is -1.89. The lowest BCUT2D eigenvalue weighted by molar-refractivity contribution is 0.0979.